The summed E-state index contributed by atoms with van der Waals surface area (Å²) in [5, 5.41) is 8.26. The van der Waals surface area contributed by atoms with Gasteiger partial charge in [0.05, 0.1) is 12.1 Å². The quantitative estimate of drug-likeness (QED) is 0.376. The molecule has 4 heterocycles. The maximum absolute atomic E-state index is 13.7. The van der Waals surface area contributed by atoms with Crippen LogP contribution in [0.15, 0.2) is 60.9 Å². The molecule has 1 saturated heterocycles. The second-order valence-corrected chi connectivity index (χ2v) is 9.30. The summed E-state index contributed by atoms with van der Waals surface area (Å²) in [6.07, 6.45) is -0.871. The molecule has 1 amide bonds. The fourth-order valence-corrected chi connectivity index (χ4v) is 5.14. The Labute approximate surface area is 211 Å². The molecule has 0 saturated carbocycles. The first-order valence-corrected chi connectivity index (χ1v) is 12.0. The number of anilines is 2. The highest BCUT2D eigenvalue weighted by atomic mass is 19.4. The van der Waals surface area contributed by atoms with E-state index in [0.717, 1.165) is 48.7 Å². The molecule has 37 heavy (non-hydrogen) atoms. The van der Waals surface area contributed by atoms with Gasteiger partial charge in [0.1, 0.15) is 18.0 Å². The number of carbonyl (C=O) groups is 1. The molecule has 6 rings (SSSR count). The Morgan fingerprint density at radius 1 is 0.892 bits per heavy atom. The standard InChI is InChI=1S/C27H23F3N6O/c1-34-16-31-33-25(34)19-8-3-2-7-18(19)17-13-23(35-11-4-5-12-35)32-24(14-17)36-15-21-20(26(36)37)9-6-10-22(21)27(28,29)30/h2-3,6-10,13-14,16H,4-5,11-12,15H2,1H3. The van der Waals surface area contributed by atoms with Gasteiger partial charge in [0, 0.05) is 31.3 Å². The number of rotatable bonds is 4. The molecule has 0 aliphatic carbocycles. The van der Waals surface area contributed by atoms with E-state index in [1.54, 1.807) is 12.4 Å². The number of aromatic nitrogens is 4. The Hall–Kier alpha value is -4.21. The zero-order chi connectivity index (χ0) is 25.7. The van der Waals surface area contributed by atoms with Crippen LogP contribution in [-0.2, 0) is 19.8 Å². The van der Waals surface area contributed by atoms with Gasteiger partial charge in [0.25, 0.3) is 5.91 Å². The Morgan fingerprint density at radius 3 is 2.30 bits per heavy atom. The molecule has 2 aliphatic heterocycles. The molecule has 0 radical (unpaired) electrons. The maximum Gasteiger partial charge on any atom is 0.416 e. The van der Waals surface area contributed by atoms with Crippen molar-refractivity contribution in [2.24, 2.45) is 7.05 Å². The van der Waals surface area contributed by atoms with E-state index in [1.165, 1.54) is 17.0 Å². The highest BCUT2D eigenvalue weighted by Gasteiger charge is 2.40. The van der Waals surface area contributed by atoms with E-state index in [1.807, 2.05) is 41.9 Å². The second kappa shape index (κ2) is 8.72. The minimum absolute atomic E-state index is 0.0191. The predicted octanol–water partition coefficient (Wildman–Crippen LogP) is 5.32. The molecule has 0 unspecified atom stereocenters. The SMILES string of the molecule is Cn1cnnc1-c1ccccc1-c1cc(N2CCCC2)nc(N2Cc3c(cccc3C(F)(F)F)C2=O)c1. The fraction of sp³-hybridized carbons (Fsp3) is 0.259. The van der Waals surface area contributed by atoms with E-state index < -0.39 is 17.6 Å². The Bertz CT molecular complexity index is 1510. The smallest absolute Gasteiger partial charge is 0.357 e. The molecule has 2 aliphatic rings. The van der Waals surface area contributed by atoms with Gasteiger partial charge in [-0.1, -0.05) is 30.3 Å². The number of aryl methyl sites for hydroxylation is 1. The van der Waals surface area contributed by atoms with Crippen LogP contribution in [0.3, 0.4) is 0 Å². The molecule has 10 heteroatoms. The summed E-state index contributed by atoms with van der Waals surface area (Å²) in [6.45, 7) is 1.46. The lowest BCUT2D eigenvalue weighted by atomic mass is 9.99. The van der Waals surface area contributed by atoms with Gasteiger partial charge in [-0.25, -0.2) is 4.98 Å². The molecule has 7 nitrogen and oxygen atoms in total. The number of pyridine rings is 1. The van der Waals surface area contributed by atoms with Crippen LogP contribution in [0.4, 0.5) is 24.8 Å². The minimum atomic E-state index is -4.55. The molecule has 0 bridgehead atoms. The van der Waals surface area contributed by atoms with Gasteiger partial charge in [0.15, 0.2) is 5.82 Å². The summed E-state index contributed by atoms with van der Waals surface area (Å²) in [4.78, 5) is 21.6. The van der Waals surface area contributed by atoms with E-state index >= 15 is 0 Å². The third kappa shape index (κ3) is 4.02. The summed E-state index contributed by atoms with van der Waals surface area (Å²) in [7, 11) is 1.86. The molecule has 0 spiro atoms. The Kier molecular flexibility index (Phi) is 5.47. The van der Waals surface area contributed by atoms with E-state index in [9.17, 15) is 18.0 Å². The summed E-state index contributed by atoms with van der Waals surface area (Å²) in [5.74, 6) is 1.20. The van der Waals surface area contributed by atoms with Crippen LogP contribution in [-0.4, -0.2) is 38.7 Å². The summed E-state index contributed by atoms with van der Waals surface area (Å²) in [5.41, 5.74) is 1.76. The lowest BCUT2D eigenvalue weighted by Gasteiger charge is -2.22. The van der Waals surface area contributed by atoms with E-state index in [2.05, 4.69) is 15.1 Å². The van der Waals surface area contributed by atoms with Crippen molar-refractivity contribution in [2.75, 3.05) is 22.9 Å². The number of alkyl halides is 3. The van der Waals surface area contributed by atoms with Crippen LogP contribution in [0, 0.1) is 0 Å². The second-order valence-electron chi connectivity index (χ2n) is 9.30. The average Bonchev–Trinajstić information content (AvgIpc) is 3.64. The van der Waals surface area contributed by atoms with Crippen molar-refractivity contribution >= 4 is 17.5 Å². The number of fused-ring (bicyclic) bond motifs is 1. The number of carbonyl (C=O) groups excluding carboxylic acids is 1. The fourth-order valence-electron chi connectivity index (χ4n) is 5.14. The largest absolute Gasteiger partial charge is 0.416 e. The van der Waals surface area contributed by atoms with Gasteiger partial charge in [-0.15, -0.1) is 10.2 Å². The molecular weight excluding hydrogens is 481 g/mol. The third-order valence-electron chi connectivity index (χ3n) is 6.97. The summed E-state index contributed by atoms with van der Waals surface area (Å²) >= 11 is 0. The van der Waals surface area contributed by atoms with Crippen molar-refractivity contribution in [3.63, 3.8) is 0 Å². The molecule has 2 aromatic heterocycles. The van der Waals surface area contributed by atoms with E-state index in [4.69, 9.17) is 4.98 Å². The van der Waals surface area contributed by atoms with Gasteiger partial charge in [0.2, 0.25) is 0 Å². The van der Waals surface area contributed by atoms with Crippen LogP contribution in [0.25, 0.3) is 22.5 Å². The number of halogens is 3. The molecule has 188 valence electrons. The van der Waals surface area contributed by atoms with Crippen molar-refractivity contribution in [3.05, 3.63) is 77.6 Å². The first kappa shape index (κ1) is 23.2. The van der Waals surface area contributed by atoms with Crippen LogP contribution in [0.1, 0.15) is 34.3 Å². The lowest BCUT2D eigenvalue weighted by Crippen LogP contribution is -2.26. The van der Waals surface area contributed by atoms with E-state index in [0.29, 0.717) is 17.5 Å². The normalized spacial score (nSPS) is 15.5. The topological polar surface area (TPSA) is 67.2 Å². The predicted molar refractivity (Wildman–Crippen MR) is 133 cm³/mol. The van der Waals surface area contributed by atoms with Gasteiger partial charge in [-0.2, -0.15) is 13.2 Å². The highest BCUT2D eigenvalue weighted by molar-refractivity contribution is 6.10. The van der Waals surface area contributed by atoms with Crippen molar-refractivity contribution in [1.29, 1.82) is 0 Å². The monoisotopic (exact) mass is 504 g/mol. The van der Waals surface area contributed by atoms with Crippen molar-refractivity contribution in [2.45, 2.75) is 25.6 Å². The zero-order valence-corrected chi connectivity index (χ0v) is 20.0. The number of hydrogen-bond acceptors (Lipinski definition) is 5. The van der Waals surface area contributed by atoms with Crippen LogP contribution in [0.5, 0.6) is 0 Å². The first-order valence-electron chi connectivity index (χ1n) is 12.0. The number of hydrogen-bond donors (Lipinski definition) is 0. The van der Waals surface area contributed by atoms with Gasteiger partial charge in [-0.05, 0) is 53.8 Å². The van der Waals surface area contributed by atoms with Crippen LogP contribution < -0.4 is 9.80 Å². The molecular formula is C27H23F3N6O. The molecule has 0 N–H and O–H groups in total. The zero-order valence-electron chi connectivity index (χ0n) is 20.0. The Balaban J connectivity index is 1.49. The van der Waals surface area contributed by atoms with Gasteiger partial charge >= 0.3 is 6.18 Å². The van der Waals surface area contributed by atoms with Crippen molar-refractivity contribution < 1.29 is 18.0 Å². The molecule has 2 aromatic carbocycles. The minimum Gasteiger partial charge on any atom is -0.357 e. The maximum atomic E-state index is 13.7. The molecule has 0 atom stereocenters. The van der Waals surface area contributed by atoms with E-state index in [-0.39, 0.29) is 17.7 Å². The number of amides is 1. The third-order valence-corrected chi connectivity index (χ3v) is 6.97. The van der Waals surface area contributed by atoms with Crippen LogP contribution in [0.2, 0.25) is 0 Å². The molecule has 4 aromatic rings. The van der Waals surface area contributed by atoms with Gasteiger partial charge < -0.3 is 9.47 Å². The summed E-state index contributed by atoms with van der Waals surface area (Å²) < 4.78 is 42.9. The van der Waals surface area contributed by atoms with Crippen LogP contribution >= 0.6 is 0 Å². The highest BCUT2D eigenvalue weighted by Crippen LogP contribution is 2.40. The first-order chi connectivity index (χ1) is 17.8. The van der Waals surface area contributed by atoms with Crippen molar-refractivity contribution in [3.8, 4) is 22.5 Å². The van der Waals surface area contributed by atoms with Gasteiger partial charge in [-0.3, -0.25) is 9.69 Å². The average molecular weight is 505 g/mol. The lowest BCUT2D eigenvalue weighted by molar-refractivity contribution is -0.138. The number of nitrogens with zero attached hydrogens (tertiary/aromatic N) is 6. The number of benzene rings is 2. The van der Waals surface area contributed by atoms with Crippen molar-refractivity contribution in [1.82, 2.24) is 19.7 Å². The summed E-state index contributed by atoms with van der Waals surface area (Å²) in [6, 6.07) is 15.2. The Morgan fingerprint density at radius 2 is 1.59 bits per heavy atom. The molecule has 1 fully saturated rings.